The van der Waals surface area contributed by atoms with Gasteiger partial charge in [0, 0.05) is 5.56 Å². The number of nitrogens with zero attached hydrogens (tertiary/aromatic N) is 4. The highest BCUT2D eigenvalue weighted by atomic mass is 16.5. The summed E-state index contributed by atoms with van der Waals surface area (Å²) in [5, 5.41) is 18.0. The van der Waals surface area contributed by atoms with Crippen molar-refractivity contribution in [3.63, 3.8) is 0 Å². The van der Waals surface area contributed by atoms with Crippen molar-refractivity contribution >= 4 is 11.5 Å². The molecule has 0 spiro atoms. The van der Waals surface area contributed by atoms with Crippen molar-refractivity contribution in [2.45, 2.75) is 13.8 Å². The first kappa shape index (κ1) is 17.7. The van der Waals surface area contributed by atoms with Crippen molar-refractivity contribution in [2.75, 3.05) is 11.5 Å². The van der Waals surface area contributed by atoms with E-state index in [1.807, 2.05) is 13.8 Å². The number of hydrogen-bond donors (Lipinski definition) is 2. The van der Waals surface area contributed by atoms with E-state index in [4.69, 9.17) is 26.7 Å². The average Bonchev–Trinajstić information content (AvgIpc) is 2.67. The lowest BCUT2D eigenvalue weighted by molar-refractivity contribution is 0.458. The summed E-state index contributed by atoms with van der Waals surface area (Å²) in [6, 6.07) is 14.4. The predicted octanol–water partition coefficient (Wildman–Crippen LogP) is 3.46. The molecule has 0 saturated heterocycles. The van der Waals surface area contributed by atoms with Crippen molar-refractivity contribution in [3.05, 3.63) is 58.7 Å². The normalized spacial score (nSPS) is 10.1. The Morgan fingerprint density at radius 3 is 2.04 bits per heavy atom. The smallest absolute Gasteiger partial charge is 0.248 e. The maximum absolute atomic E-state index is 9.08. The number of hydrogen-bond acceptors (Lipinski definition) is 7. The Hall–Kier alpha value is -4.10. The van der Waals surface area contributed by atoms with Crippen LogP contribution >= 0.6 is 0 Å². The van der Waals surface area contributed by atoms with E-state index in [1.165, 1.54) is 0 Å². The molecule has 0 bridgehead atoms. The summed E-state index contributed by atoms with van der Waals surface area (Å²) in [4.78, 5) is 8.60. The Morgan fingerprint density at radius 1 is 0.889 bits per heavy atom. The van der Waals surface area contributed by atoms with E-state index in [9.17, 15) is 0 Å². The highest BCUT2D eigenvalue weighted by Gasteiger charge is 2.16. The molecule has 3 aromatic rings. The number of ether oxygens (including phenoxy) is 1. The van der Waals surface area contributed by atoms with Crippen LogP contribution in [0.4, 0.5) is 11.5 Å². The second-order valence-corrected chi connectivity index (χ2v) is 5.99. The molecule has 0 aliphatic carbocycles. The van der Waals surface area contributed by atoms with Crippen molar-refractivity contribution in [1.82, 2.24) is 9.97 Å². The summed E-state index contributed by atoms with van der Waals surface area (Å²) in [5.74, 6) is 1.13. The molecule has 1 aromatic heterocycles. The zero-order valence-electron chi connectivity index (χ0n) is 14.8. The first-order chi connectivity index (χ1) is 12.9. The van der Waals surface area contributed by atoms with Gasteiger partial charge in [0.2, 0.25) is 5.88 Å². The Balaban J connectivity index is 2.05. The molecule has 0 aliphatic rings. The molecule has 0 fully saturated rings. The van der Waals surface area contributed by atoms with E-state index < -0.39 is 0 Å². The minimum absolute atomic E-state index is 0.100. The number of nitriles is 2. The summed E-state index contributed by atoms with van der Waals surface area (Å²) in [6.07, 6.45) is 0. The second kappa shape index (κ2) is 7.03. The van der Waals surface area contributed by atoms with Gasteiger partial charge in [0.1, 0.15) is 11.4 Å². The lowest BCUT2D eigenvalue weighted by atomic mass is 10.1. The Labute approximate surface area is 156 Å². The summed E-state index contributed by atoms with van der Waals surface area (Å²) in [6.45, 7) is 3.68. The third-order valence-corrected chi connectivity index (χ3v) is 4.00. The van der Waals surface area contributed by atoms with Gasteiger partial charge in [-0.05, 0) is 61.4 Å². The number of benzene rings is 2. The number of nitrogen functional groups attached to an aromatic ring is 2. The summed E-state index contributed by atoms with van der Waals surface area (Å²) >= 11 is 0. The van der Waals surface area contributed by atoms with E-state index in [2.05, 4.69) is 22.1 Å². The van der Waals surface area contributed by atoms with Gasteiger partial charge in [-0.2, -0.15) is 15.5 Å². The third-order valence-electron chi connectivity index (χ3n) is 4.00. The zero-order valence-corrected chi connectivity index (χ0v) is 14.8. The van der Waals surface area contributed by atoms with Crippen LogP contribution in [-0.4, -0.2) is 9.97 Å². The molecule has 0 unspecified atom stereocenters. The highest BCUT2D eigenvalue weighted by molar-refractivity contribution is 5.70. The summed E-state index contributed by atoms with van der Waals surface area (Å²) in [7, 11) is 0. The van der Waals surface area contributed by atoms with Gasteiger partial charge in [0.05, 0.1) is 23.3 Å². The van der Waals surface area contributed by atoms with Gasteiger partial charge in [-0.1, -0.05) is 0 Å². The molecule has 3 rings (SSSR count). The van der Waals surface area contributed by atoms with Crippen LogP contribution in [0.2, 0.25) is 0 Å². The van der Waals surface area contributed by atoms with Gasteiger partial charge in [-0.25, -0.2) is 4.98 Å². The molecule has 0 atom stereocenters. The van der Waals surface area contributed by atoms with E-state index in [0.29, 0.717) is 28.3 Å². The van der Waals surface area contributed by atoms with Crippen molar-refractivity contribution in [1.29, 1.82) is 10.5 Å². The quantitative estimate of drug-likeness (QED) is 0.733. The Bertz CT molecular complexity index is 1080. The maximum atomic E-state index is 9.08. The largest absolute Gasteiger partial charge is 0.436 e. The molecule has 0 radical (unpaired) electrons. The van der Waals surface area contributed by atoms with Crippen LogP contribution in [-0.2, 0) is 0 Å². The Morgan fingerprint density at radius 2 is 1.48 bits per heavy atom. The lowest BCUT2D eigenvalue weighted by Gasteiger charge is -2.14. The van der Waals surface area contributed by atoms with Crippen LogP contribution in [0.15, 0.2) is 36.4 Å². The van der Waals surface area contributed by atoms with Crippen LogP contribution in [0.25, 0.3) is 11.4 Å². The van der Waals surface area contributed by atoms with Gasteiger partial charge in [0.15, 0.2) is 11.6 Å². The fraction of sp³-hybridized carbons (Fsp3) is 0.100. The van der Waals surface area contributed by atoms with Gasteiger partial charge in [-0.3, -0.25) is 0 Å². The van der Waals surface area contributed by atoms with Gasteiger partial charge >= 0.3 is 0 Å². The number of anilines is 2. The molecule has 0 aliphatic heterocycles. The van der Waals surface area contributed by atoms with E-state index in [1.54, 1.807) is 36.4 Å². The minimum Gasteiger partial charge on any atom is -0.436 e. The predicted molar refractivity (Wildman–Crippen MR) is 102 cm³/mol. The number of nitrogens with two attached hydrogens (primary N) is 2. The molecular weight excluding hydrogens is 340 g/mol. The summed E-state index contributed by atoms with van der Waals surface area (Å²) in [5.41, 5.74) is 15.4. The van der Waals surface area contributed by atoms with E-state index in [0.717, 1.165) is 11.1 Å². The van der Waals surface area contributed by atoms with Crippen LogP contribution in [0.3, 0.4) is 0 Å². The minimum atomic E-state index is 0.100. The molecule has 7 heteroatoms. The molecule has 132 valence electrons. The monoisotopic (exact) mass is 356 g/mol. The van der Waals surface area contributed by atoms with Gasteiger partial charge in [0.25, 0.3) is 0 Å². The molecule has 2 aromatic carbocycles. The average molecular weight is 356 g/mol. The van der Waals surface area contributed by atoms with Crippen LogP contribution in [0, 0.1) is 36.5 Å². The SMILES string of the molecule is Cc1cc(C#N)cc(C)c1Oc1nc(-c2ccc(C#N)cc2)nc(N)c1N. The lowest BCUT2D eigenvalue weighted by Crippen LogP contribution is -2.06. The second-order valence-electron chi connectivity index (χ2n) is 5.99. The van der Waals surface area contributed by atoms with Crippen molar-refractivity contribution < 1.29 is 4.74 Å². The first-order valence-electron chi connectivity index (χ1n) is 8.05. The molecule has 0 saturated carbocycles. The topological polar surface area (TPSA) is 135 Å². The fourth-order valence-corrected chi connectivity index (χ4v) is 2.64. The molecular formula is C20H16N6O. The third kappa shape index (κ3) is 3.48. The number of rotatable bonds is 3. The zero-order chi connectivity index (χ0) is 19.6. The van der Waals surface area contributed by atoms with Crippen molar-refractivity contribution in [2.24, 2.45) is 0 Å². The van der Waals surface area contributed by atoms with Crippen LogP contribution < -0.4 is 16.2 Å². The van der Waals surface area contributed by atoms with Gasteiger partial charge < -0.3 is 16.2 Å². The molecule has 0 amide bonds. The first-order valence-corrected chi connectivity index (χ1v) is 8.05. The van der Waals surface area contributed by atoms with Gasteiger partial charge in [-0.15, -0.1) is 0 Å². The van der Waals surface area contributed by atoms with Crippen molar-refractivity contribution in [3.8, 4) is 35.2 Å². The number of aryl methyl sites for hydroxylation is 2. The summed E-state index contributed by atoms with van der Waals surface area (Å²) < 4.78 is 5.94. The number of aromatic nitrogens is 2. The maximum Gasteiger partial charge on any atom is 0.248 e. The Kier molecular flexibility index (Phi) is 4.61. The fourth-order valence-electron chi connectivity index (χ4n) is 2.64. The van der Waals surface area contributed by atoms with Crippen LogP contribution in [0.5, 0.6) is 11.6 Å². The standard InChI is InChI=1S/C20H16N6O/c1-11-7-14(10-22)8-12(2)17(11)27-20-16(23)18(24)25-19(26-20)15-5-3-13(9-21)4-6-15/h3-8H,23H2,1-2H3,(H2,24,25,26). The molecule has 7 nitrogen and oxygen atoms in total. The van der Waals surface area contributed by atoms with Crippen LogP contribution in [0.1, 0.15) is 22.3 Å². The molecule has 4 N–H and O–H groups in total. The highest BCUT2D eigenvalue weighted by Crippen LogP contribution is 2.35. The molecule has 27 heavy (non-hydrogen) atoms. The molecule has 1 heterocycles. The van der Waals surface area contributed by atoms with E-state index >= 15 is 0 Å². The van der Waals surface area contributed by atoms with E-state index in [-0.39, 0.29) is 17.4 Å².